The monoisotopic (exact) mass is 529 g/mol. The smallest absolute Gasteiger partial charge is 0.335 e. The van der Waals surface area contributed by atoms with E-state index in [4.69, 9.17) is 4.74 Å². The molecule has 2 heterocycles. The fourth-order valence-corrected chi connectivity index (χ4v) is 4.67. The standard InChI is InChI=1S/C31H35N3O5/c1-21-17-34(22(2)20-35)30(36)27-15-24(13-12-23-8-5-4-6-9-23)16-32-29(27)39-28(21)19-33(3)18-25-10-7-11-26(14-25)31(37)38/h4-16,21-22,28,35H,17-20H2,1-3H3,(H,37,38)/b13-12+/t21-,22-,28-/m0/s1. The first-order valence-electron chi connectivity index (χ1n) is 13.1. The van der Waals surface area contributed by atoms with E-state index >= 15 is 0 Å². The van der Waals surface area contributed by atoms with E-state index in [2.05, 4.69) is 9.88 Å². The quantitative estimate of drug-likeness (QED) is 0.426. The summed E-state index contributed by atoms with van der Waals surface area (Å²) < 4.78 is 6.39. The van der Waals surface area contributed by atoms with Crippen molar-refractivity contribution in [3.63, 3.8) is 0 Å². The van der Waals surface area contributed by atoms with Crippen LogP contribution in [0.4, 0.5) is 0 Å². The zero-order valence-corrected chi connectivity index (χ0v) is 22.5. The summed E-state index contributed by atoms with van der Waals surface area (Å²) in [5, 5.41) is 19.2. The zero-order valence-electron chi connectivity index (χ0n) is 22.5. The molecule has 8 nitrogen and oxygen atoms in total. The molecule has 0 spiro atoms. The van der Waals surface area contributed by atoms with Crippen LogP contribution in [0.3, 0.4) is 0 Å². The molecule has 204 valence electrons. The van der Waals surface area contributed by atoms with Crippen molar-refractivity contribution in [2.45, 2.75) is 32.5 Å². The molecule has 3 aromatic rings. The van der Waals surface area contributed by atoms with Crippen LogP contribution in [0.25, 0.3) is 12.2 Å². The summed E-state index contributed by atoms with van der Waals surface area (Å²) in [4.78, 5) is 33.3. The predicted octanol–water partition coefficient (Wildman–Crippen LogP) is 4.30. The van der Waals surface area contributed by atoms with E-state index < -0.39 is 5.97 Å². The number of nitrogens with zero attached hydrogens (tertiary/aromatic N) is 3. The van der Waals surface area contributed by atoms with Crippen molar-refractivity contribution in [3.05, 3.63) is 94.7 Å². The molecule has 1 aliphatic rings. The number of carbonyl (C=O) groups is 2. The van der Waals surface area contributed by atoms with Crippen molar-refractivity contribution >= 4 is 24.0 Å². The summed E-state index contributed by atoms with van der Waals surface area (Å²) in [6.07, 6.45) is 5.27. The van der Waals surface area contributed by atoms with E-state index in [1.807, 2.05) is 69.4 Å². The molecule has 0 aliphatic carbocycles. The van der Waals surface area contributed by atoms with Gasteiger partial charge in [-0.3, -0.25) is 9.69 Å². The van der Waals surface area contributed by atoms with E-state index in [1.54, 1.807) is 35.4 Å². The number of fused-ring (bicyclic) bond motifs is 1. The Bertz CT molecular complexity index is 1330. The maximum absolute atomic E-state index is 13.6. The first kappa shape index (κ1) is 28.0. The van der Waals surface area contributed by atoms with Crippen LogP contribution in [-0.4, -0.2) is 75.8 Å². The molecule has 1 aliphatic heterocycles. The summed E-state index contributed by atoms with van der Waals surface area (Å²) in [5.74, 6) is -0.966. The van der Waals surface area contributed by atoms with Crippen LogP contribution in [0.1, 0.15) is 51.3 Å². The van der Waals surface area contributed by atoms with Crippen molar-refractivity contribution in [2.24, 2.45) is 5.92 Å². The van der Waals surface area contributed by atoms with Gasteiger partial charge in [-0.15, -0.1) is 0 Å². The molecular formula is C31H35N3O5. The highest BCUT2D eigenvalue weighted by molar-refractivity contribution is 5.97. The van der Waals surface area contributed by atoms with Gasteiger partial charge in [-0.1, -0.05) is 61.5 Å². The summed E-state index contributed by atoms with van der Waals surface area (Å²) in [6.45, 7) is 5.18. The normalized spacial score (nSPS) is 18.4. The number of benzene rings is 2. The van der Waals surface area contributed by atoms with Gasteiger partial charge in [0.25, 0.3) is 5.91 Å². The number of rotatable bonds is 9. The van der Waals surface area contributed by atoms with Gasteiger partial charge < -0.3 is 19.8 Å². The number of carboxylic acid groups (broad SMARTS) is 1. The topological polar surface area (TPSA) is 103 Å². The minimum Gasteiger partial charge on any atom is -0.478 e. The number of pyridine rings is 1. The highest BCUT2D eigenvalue weighted by Gasteiger charge is 2.34. The second kappa shape index (κ2) is 12.7. The van der Waals surface area contributed by atoms with Crippen LogP contribution in [0.2, 0.25) is 0 Å². The Kier molecular flexibility index (Phi) is 9.11. The Morgan fingerprint density at radius 3 is 2.62 bits per heavy atom. The summed E-state index contributed by atoms with van der Waals surface area (Å²) in [6, 6.07) is 18.2. The Morgan fingerprint density at radius 2 is 1.90 bits per heavy atom. The molecule has 8 heteroatoms. The third-order valence-electron chi connectivity index (χ3n) is 6.93. The van der Waals surface area contributed by atoms with Gasteiger partial charge in [-0.05, 0) is 48.9 Å². The number of aromatic nitrogens is 1. The van der Waals surface area contributed by atoms with Gasteiger partial charge in [-0.25, -0.2) is 9.78 Å². The number of aliphatic hydroxyl groups excluding tert-OH is 1. The number of amides is 1. The molecule has 0 fully saturated rings. The van der Waals surface area contributed by atoms with Crippen LogP contribution in [0, 0.1) is 5.92 Å². The first-order valence-corrected chi connectivity index (χ1v) is 13.1. The largest absolute Gasteiger partial charge is 0.478 e. The van der Waals surface area contributed by atoms with Gasteiger partial charge in [-0.2, -0.15) is 0 Å². The summed E-state index contributed by atoms with van der Waals surface area (Å²) in [7, 11) is 1.95. The molecule has 0 bridgehead atoms. The van der Waals surface area contributed by atoms with E-state index in [0.29, 0.717) is 25.2 Å². The SMILES string of the molecule is C[C@H]1CN([C@@H](C)CO)C(=O)c2cc(/C=C/c3ccccc3)cnc2O[C@H]1CN(C)Cc1cccc(C(=O)O)c1. The number of aromatic carboxylic acids is 1. The molecule has 2 aromatic carbocycles. The van der Waals surface area contributed by atoms with E-state index in [9.17, 15) is 19.8 Å². The zero-order chi connectivity index (χ0) is 27.9. The third-order valence-corrected chi connectivity index (χ3v) is 6.93. The molecule has 0 saturated heterocycles. The minimum absolute atomic E-state index is 0.0524. The molecule has 39 heavy (non-hydrogen) atoms. The van der Waals surface area contributed by atoms with Crippen molar-refractivity contribution in [1.29, 1.82) is 0 Å². The van der Waals surface area contributed by atoms with Gasteiger partial charge in [0.05, 0.1) is 18.2 Å². The van der Waals surface area contributed by atoms with Gasteiger partial charge in [0.2, 0.25) is 5.88 Å². The van der Waals surface area contributed by atoms with Crippen molar-refractivity contribution in [3.8, 4) is 5.88 Å². The molecule has 1 amide bonds. The van der Waals surface area contributed by atoms with Crippen molar-refractivity contribution < 1.29 is 24.5 Å². The second-order valence-electron chi connectivity index (χ2n) is 10.2. The average Bonchev–Trinajstić information content (AvgIpc) is 2.94. The number of hydrogen-bond acceptors (Lipinski definition) is 6. The Morgan fingerprint density at radius 1 is 1.15 bits per heavy atom. The second-order valence-corrected chi connectivity index (χ2v) is 10.2. The van der Waals surface area contributed by atoms with Gasteiger partial charge in [0, 0.05) is 31.7 Å². The maximum atomic E-state index is 13.6. The number of likely N-dealkylation sites (N-methyl/N-ethyl adjacent to an activating group) is 1. The molecule has 0 radical (unpaired) electrons. The number of carbonyl (C=O) groups excluding carboxylic acids is 1. The van der Waals surface area contributed by atoms with E-state index in [-0.39, 0.29) is 42.0 Å². The number of ether oxygens (including phenoxy) is 1. The molecular weight excluding hydrogens is 494 g/mol. The van der Waals surface area contributed by atoms with Gasteiger partial charge in [0.1, 0.15) is 11.7 Å². The Labute approximate surface area is 229 Å². The highest BCUT2D eigenvalue weighted by Crippen LogP contribution is 2.28. The third kappa shape index (κ3) is 7.10. The van der Waals surface area contributed by atoms with Gasteiger partial charge in [0.15, 0.2) is 0 Å². The lowest BCUT2D eigenvalue weighted by atomic mass is 9.99. The summed E-state index contributed by atoms with van der Waals surface area (Å²) in [5.41, 5.74) is 3.30. The lowest BCUT2D eigenvalue weighted by molar-refractivity contribution is 0.0325. The average molecular weight is 530 g/mol. The highest BCUT2D eigenvalue weighted by atomic mass is 16.5. The van der Waals surface area contributed by atoms with E-state index in [0.717, 1.165) is 16.7 Å². The predicted molar refractivity (Wildman–Crippen MR) is 151 cm³/mol. The number of carboxylic acids is 1. The molecule has 2 N–H and O–H groups in total. The van der Waals surface area contributed by atoms with Crippen molar-refractivity contribution in [1.82, 2.24) is 14.8 Å². The minimum atomic E-state index is -0.958. The van der Waals surface area contributed by atoms with Crippen LogP contribution in [-0.2, 0) is 6.54 Å². The molecule has 1 aromatic heterocycles. The lowest BCUT2D eigenvalue weighted by Gasteiger charge is -2.37. The first-order chi connectivity index (χ1) is 18.7. The van der Waals surface area contributed by atoms with Crippen LogP contribution in [0.5, 0.6) is 5.88 Å². The number of hydrogen-bond donors (Lipinski definition) is 2. The fourth-order valence-electron chi connectivity index (χ4n) is 4.67. The van der Waals surface area contributed by atoms with Crippen LogP contribution in [0.15, 0.2) is 66.9 Å². The van der Waals surface area contributed by atoms with Gasteiger partial charge >= 0.3 is 5.97 Å². The molecule has 4 rings (SSSR count). The molecule has 3 atom stereocenters. The molecule has 0 unspecified atom stereocenters. The fraction of sp³-hybridized carbons (Fsp3) is 0.323. The number of aliphatic hydroxyl groups is 1. The van der Waals surface area contributed by atoms with Crippen LogP contribution >= 0.6 is 0 Å². The van der Waals surface area contributed by atoms with E-state index in [1.165, 1.54) is 0 Å². The van der Waals surface area contributed by atoms with Crippen LogP contribution < -0.4 is 4.74 Å². The molecule has 0 saturated carbocycles. The summed E-state index contributed by atoms with van der Waals surface area (Å²) >= 11 is 0. The Hall–Kier alpha value is -4.01. The lowest BCUT2D eigenvalue weighted by Crippen LogP contribution is -2.49. The Balaban J connectivity index is 1.60. The maximum Gasteiger partial charge on any atom is 0.335 e. The van der Waals surface area contributed by atoms with Crippen molar-refractivity contribution in [2.75, 3.05) is 26.7 Å².